The van der Waals surface area contributed by atoms with Gasteiger partial charge in [-0.3, -0.25) is 4.79 Å². The molecule has 1 aliphatic carbocycles. The van der Waals surface area contributed by atoms with Crippen molar-refractivity contribution in [2.45, 2.75) is 52.6 Å². The number of amides is 1. The van der Waals surface area contributed by atoms with Crippen LogP contribution < -0.4 is 10.6 Å². The lowest BCUT2D eigenvalue weighted by molar-refractivity contribution is -0.128. The summed E-state index contributed by atoms with van der Waals surface area (Å²) >= 11 is 1.52. The van der Waals surface area contributed by atoms with E-state index in [1.807, 2.05) is 27.7 Å². The number of ether oxygens (including phenoxy) is 1. The Balaban J connectivity index is 0.00000149. The third-order valence-electron chi connectivity index (χ3n) is 6.10. The molecule has 0 aliphatic heterocycles. The van der Waals surface area contributed by atoms with Crippen LogP contribution in [-0.2, 0) is 9.53 Å². The number of nitrogens with zero attached hydrogens (tertiary/aromatic N) is 2. The molecule has 1 amide bonds. The molecule has 0 saturated heterocycles. The minimum absolute atomic E-state index is 0.216. The quantitative estimate of drug-likeness (QED) is 0.459. The number of nitrogens with one attached hydrogen (secondary N) is 2. The van der Waals surface area contributed by atoms with Crippen molar-refractivity contribution in [1.82, 2.24) is 15.3 Å². The minimum Gasteiger partial charge on any atom is -0.377 e. The number of aromatic nitrogens is 2. The number of hydrogen-bond donors (Lipinski definition) is 2. The zero-order chi connectivity index (χ0) is 24.6. The van der Waals surface area contributed by atoms with Crippen LogP contribution in [0.15, 0.2) is 30.5 Å². The number of anilines is 2. The van der Waals surface area contributed by atoms with E-state index in [2.05, 4.69) is 20.6 Å². The van der Waals surface area contributed by atoms with Crippen LogP contribution in [0.2, 0.25) is 0 Å². The number of aryl methyl sites for hydroxylation is 1. The van der Waals surface area contributed by atoms with Crippen LogP contribution in [0.1, 0.15) is 55.9 Å². The fraction of sp³-hybridized carbons (Fsp3) is 0.458. The van der Waals surface area contributed by atoms with Gasteiger partial charge in [0.1, 0.15) is 15.8 Å². The number of rotatable bonds is 6. The fourth-order valence-electron chi connectivity index (χ4n) is 4.16. The van der Waals surface area contributed by atoms with Crippen molar-refractivity contribution < 1.29 is 18.3 Å². The smallest absolute Gasteiger partial charge is 0.270 e. The summed E-state index contributed by atoms with van der Waals surface area (Å²) in [6.45, 7) is 9.17. The zero-order valence-corrected chi connectivity index (χ0v) is 20.7. The molecule has 0 bridgehead atoms. The molecular weight excluding hydrogens is 446 g/mol. The van der Waals surface area contributed by atoms with Gasteiger partial charge in [-0.15, -0.1) is 0 Å². The number of methoxy groups -OCH3 is 1. The molecule has 9 heteroatoms. The number of hydrogen-bond acceptors (Lipinski definition) is 6. The zero-order valence-electron chi connectivity index (χ0n) is 19.9. The molecule has 1 aliphatic rings. The number of carbonyl (C=O) groups excluding carboxylic acids is 1. The van der Waals surface area contributed by atoms with E-state index < -0.39 is 23.2 Å². The highest BCUT2D eigenvalue weighted by Gasteiger charge is 2.82. The third-order valence-corrected chi connectivity index (χ3v) is 6.98. The molecule has 1 saturated carbocycles. The Morgan fingerprint density at radius 3 is 2.45 bits per heavy atom. The molecule has 2 N–H and O–H groups in total. The number of alkyl halides is 2. The summed E-state index contributed by atoms with van der Waals surface area (Å²) in [6.07, 6.45) is 1.52. The van der Waals surface area contributed by atoms with Crippen molar-refractivity contribution in [2.24, 2.45) is 5.41 Å². The number of carbonyl (C=O) groups is 1. The van der Waals surface area contributed by atoms with Crippen molar-refractivity contribution in [2.75, 3.05) is 19.5 Å². The van der Waals surface area contributed by atoms with Crippen LogP contribution in [0.3, 0.4) is 0 Å². The van der Waals surface area contributed by atoms with Gasteiger partial charge < -0.3 is 15.4 Å². The predicted molar refractivity (Wildman–Crippen MR) is 129 cm³/mol. The average molecular weight is 477 g/mol. The Hall–Kier alpha value is -2.65. The highest BCUT2D eigenvalue weighted by Crippen LogP contribution is 2.71. The Bertz CT molecular complexity index is 1150. The first-order chi connectivity index (χ1) is 15.6. The minimum atomic E-state index is -3.08. The molecule has 3 atom stereocenters. The van der Waals surface area contributed by atoms with E-state index in [9.17, 15) is 13.6 Å². The van der Waals surface area contributed by atoms with Crippen molar-refractivity contribution in [1.29, 1.82) is 0 Å². The normalized spacial score (nSPS) is 21.7. The van der Waals surface area contributed by atoms with E-state index in [1.165, 1.54) is 25.3 Å². The maximum Gasteiger partial charge on any atom is 0.270 e. The summed E-state index contributed by atoms with van der Waals surface area (Å²) in [5, 5.41) is 6.57. The molecule has 0 spiro atoms. The summed E-state index contributed by atoms with van der Waals surface area (Å²) in [4.78, 5) is 21.9. The molecule has 178 valence electrons. The Labute approximate surface area is 196 Å². The standard InChI is InChI=1S/C22H24F2N4O2S.C2H6/c1-11(30-5)16-15(10-26-19-17(16)27-12(2)31-19)28-14-8-6-13(7-9-14)18-21(3,20(29)25-4)22(18,23)24;1-2/h6-11,18,28H,1-5H3,(H,25,29);1-2H3. The van der Waals surface area contributed by atoms with Crippen LogP contribution in [0.5, 0.6) is 0 Å². The molecule has 2 aromatic heterocycles. The Kier molecular flexibility index (Phi) is 7.04. The monoisotopic (exact) mass is 476 g/mol. The highest BCUT2D eigenvalue weighted by atomic mass is 32.1. The van der Waals surface area contributed by atoms with Crippen LogP contribution in [0, 0.1) is 12.3 Å². The second kappa shape index (κ2) is 9.30. The van der Waals surface area contributed by atoms with E-state index in [-0.39, 0.29) is 6.10 Å². The Morgan fingerprint density at radius 2 is 1.88 bits per heavy atom. The van der Waals surface area contributed by atoms with E-state index in [0.29, 0.717) is 11.3 Å². The van der Waals surface area contributed by atoms with Gasteiger partial charge in [0.2, 0.25) is 5.91 Å². The van der Waals surface area contributed by atoms with E-state index in [0.717, 1.165) is 26.6 Å². The van der Waals surface area contributed by atoms with Crippen molar-refractivity contribution in [3.8, 4) is 0 Å². The van der Waals surface area contributed by atoms with E-state index in [4.69, 9.17) is 4.74 Å². The SMILES string of the molecule is CC.CNC(=O)C1(C)C(c2ccc(Nc3cnc4sc(C)nc4c3C(C)OC)cc2)C1(F)F. The van der Waals surface area contributed by atoms with Gasteiger partial charge in [-0.25, -0.2) is 18.7 Å². The van der Waals surface area contributed by atoms with Crippen molar-refractivity contribution in [3.05, 3.63) is 46.6 Å². The van der Waals surface area contributed by atoms with Crippen molar-refractivity contribution in [3.63, 3.8) is 0 Å². The summed E-state index contributed by atoms with van der Waals surface area (Å²) in [5.74, 6) is -4.88. The second-order valence-electron chi connectivity index (χ2n) is 7.93. The summed E-state index contributed by atoms with van der Waals surface area (Å²) in [5.41, 5.74) is 1.84. The molecule has 33 heavy (non-hydrogen) atoms. The lowest BCUT2D eigenvalue weighted by Crippen LogP contribution is -2.31. The molecule has 1 fully saturated rings. The maximum atomic E-state index is 14.4. The molecule has 4 rings (SSSR count). The Morgan fingerprint density at radius 1 is 1.24 bits per heavy atom. The van der Waals surface area contributed by atoms with Crippen LogP contribution in [-0.4, -0.2) is 36.0 Å². The van der Waals surface area contributed by atoms with Gasteiger partial charge in [0, 0.05) is 25.4 Å². The van der Waals surface area contributed by atoms with Crippen molar-refractivity contribution >= 4 is 39.0 Å². The van der Waals surface area contributed by atoms with Crippen LogP contribution >= 0.6 is 11.3 Å². The van der Waals surface area contributed by atoms with E-state index >= 15 is 0 Å². The first-order valence-corrected chi connectivity index (χ1v) is 11.7. The summed E-state index contributed by atoms with van der Waals surface area (Å²) in [7, 11) is 3.01. The van der Waals surface area contributed by atoms with Gasteiger partial charge in [-0.2, -0.15) is 0 Å². The van der Waals surface area contributed by atoms with Gasteiger partial charge in [0.25, 0.3) is 5.92 Å². The first kappa shape index (κ1) is 25.0. The molecule has 6 nitrogen and oxygen atoms in total. The lowest BCUT2D eigenvalue weighted by atomic mass is 10.00. The number of halogens is 2. The van der Waals surface area contributed by atoms with Gasteiger partial charge in [-0.1, -0.05) is 37.3 Å². The van der Waals surface area contributed by atoms with Gasteiger partial charge in [0.05, 0.1) is 28.9 Å². The largest absolute Gasteiger partial charge is 0.377 e. The number of pyridine rings is 1. The molecular formula is C24H30F2N4O2S. The molecule has 0 radical (unpaired) electrons. The summed E-state index contributed by atoms with van der Waals surface area (Å²) < 4.78 is 34.4. The summed E-state index contributed by atoms with van der Waals surface area (Å²) in [6, 6.07) is 6.72. The number of fused-ring (bicyclic) bond motifs is 1. The van der Waals surface area contributed by atoms with Crippen LogP contribution in [0.25, 0.3) is 10.3 Å². The lowest BCUT2D eigenvalue weighted by Gasteiger charge is -2.17. The third kappa shape index (κ3) is 4.08. The predicted octanol–water partition coefficient (Wildman–Crippen LogP) is 5.96. The molecule has 1 aromatic carbocycles. The molecule has 3 unspecified atom stereocenters. The van der Waals surface area contributed by atoms with Crippen LogP contribution in [0.4, 0.5) is 20.2 Å². The highest BCUT2D eigenvalue weighted by molar-refractivity contribution is 7.18. The van der Waals surface area contributed by atoms with Gasteiger partial charge in [0.15, 0.2) is 0 Å². The maximum absolute atomic E-state index is 14.4. The van der Waals surface area contributed by atoms with Gasteiger partial charge in [-0.05, 0) is 38.5 Å². The first-order valence-electron chi connectivity index (χ1n) is 10.9. The molecule has 2 heterocycles. The molecule has 3 aromatic rings. The second-order valence-corrected chi connectivity index (χ2v) is 9.12. The number of benzene rings is 1. The van der Waals surface area contributed by atoms with E-state index in [1.54, 1.807) is 37.6 Å². The average Bonchev–Trinajstić information content (AvgIpc) is 3.07. The van der Waals surface area contributed by atoms with Gasteiger partial charge >= 0.3 is 0 Å². The fourth-order valence-corrected chi connectivity index (χ4v) is 4.93. The number of thiazole rings is 1. The topological polar surface area (TPSA) is 76.1 Å².